The summed E-state index contributed by atoms with van der Waals surface area (Å²) in [7, 11) is 0. The van der Waals surface area contributed by atoms with Crippen LogP contribution in [0.3, 0.4) is 0 Å². The summed E-state index contributed by atoms with van der Waals surface area (Å²) in [4.78, 5) is 32.3. The number of halogens is 3. The van der Waals surface area contributed by atoms with Gasteiger partial charge in [0.25, 0.3) is 5.56 Å². The van der Waals surface area contributed by atoms with Gasteiger partial charge >= 0.3 is 5.97 Å². The summed E-state index contributed by atoms with van der Waals surface area (Å²) in [6.07, 6.45) is 1.80. The van der Waals surface area contributed by atoms with Gasteiger partial charge in [0.05, 0.1) is 37.6 Å². The molecule has 0 amide bonds. The first-order valence-electron chi connectivity index (χ1n) is 12.8. The van der Waals surface area contributed by atoms with Gasteiger partial charge in [-0.3, -0.25) is 9.36 Å². The van der Waals surface area contributed by atoms with Gasteiger partial charge < -0.3 is 9.47 Å². The average molecular weight is 822 g/mol. The van der Waals surface area contributed by atoms with Crippen LogP contribution in [0.4, 0.5) is 0 Å². The maximum absolute atomic E-state index is 14.1. The van der Waals surface area contributed by atoms with Crippen molar-refractivity contribution in [2.24, 2.45) is 4.99 Å². The highest BCUT2D eigenvalue weighted by atomic mass is 127. The quantitative estimate of drug-likeness (QED) is 0.166. The second kappa shape index (κ2) is 13.1. The summed E-state index contributed by atoms with van der Waals surface area (Å²) < 4.78 is 15.4. The molecule has 0 radical (unpaired) electrons. The minimum absolute atomic E-state index is 0.186. The van der Waals surface area contributed by atoms with Crippen molar-refractivity contribution in [3.8, 4) is 11.8 Å². The van der Waals surface area contributed by atoms with E-state index in [0.29, 0.717) is 43.5 Å². The van der Waals surface area contributed by atoms with Gasteiger partial charge in [-0.15, -0.1) is 0 Å². The first-order valence-corrected chi connectivity index (χ1v) is 16.1. The fourth-order valence-electron chi connectivity index (χ4n) is 4.59. The molecule has 5 rings (SSSR count). The molecule has 0 unspecified atom stereocenters. The lowest BCUT2D eigenvalue weighted by Crippen LogP contribution is -2.40. The molecule has 0 saturated heterocycles. The summed E-state index contributed by atoms with van der Waals surface area (Å²) in [5.41, 5.74) is 3.29. The smallest absolute Gasteiger partial charge is 0.338 e. The summed E-state index contributed by atoms with van der Waals surface area (Å²) in [6, 6.07) is 19.6. The van der Waals surface area contributed by atoms with Crippen molar-refractivity contribution in [2.45, 2.75) is 26.5 Å². The number of ether oxygens (including phenoxy) is 2. The largest absolute Gasteiger partial charge is 0.487 e. The Morgan fingerprint density at radius 2 is 1.93 bits per heavy atom. The van der Waals surface area contributed by atoms with Crippen molar-refractivity contribution in [1.82, 2.24) is 4.57 Å². The number of fused-ring (bicyclic) bond motifs is 1. The third-order valence-electron chi connectivity index (χ3n) is 6.51. The monoisotopic (exact) mass is 821 g/mol. The first kappa shape index (κ1) is 30.5. The Balaban J connectivity index is 1.64. The van der Waals surface area contributed by atoms with Crippen molar-refractivity contribution in [3.05, 3.63) is 126 Å². The van der Waals surface area contributed by atoms with Gasteiger partial charge in [0.1, 0.15) is 18.4 Å². The predicted molar refractivity (Wildman–Crippen MR) is 179 cm³/mol. The van der Waals surface area contributed by atoms with Crippen molar-refractivity contribution in [2.75, 3.05) is 6.61 Å². The molecule has 1 aromatic heterocycles. The molecular weight excluding hydrogens is 800 g/mol. The standard InChI is InChI=1S/C31H22ClI2N3O4S/c1-3-40-30(39)26-17(2)36-31-37(27(26)22-6-4-5-7-23(22)32)29(38)25(42-31)13-20-12-21(33)14-24(34)28(20)41-16-19-10-8-18(15-35)9-11-19/h4-14,27H,3,16H2,1-2H3/b25-13-/t27-/m1/s1. The van der Waals surface area contributed by atoms with E-state index in [4.69, 9.17) is 26.3 Å². The second-order valence-electron chi connectivity index (χ2n) is 9.23. The maximum atomic E-state index is 14.1. The number of hydrogen-bond donors (Lipinski definition) is 0. The van der Waals surface area contributed by atoms with Crippen molar-refractivity contribution >= 4 is 80.2 Å². The number of allylic oxidation sites excluding steroid dienone is 1. The van der Waals surface area contributed by atoms with Gasteiger partial charge in [0.15, 0.2) is 4.80 Å². The van der Waals surface area contributed by atoms with Crippen molar-refractivity contribution < 1.29 is 14.3 Å². The van der Waals surface area contributed by atoms with Gasteiger partial charge in [-0.2, -0.15) is 5.26 Å². The lowest BCUT2D eigenvalue weighted by molar-refractivity contribution is -0.139. The fourth-order valence-corrected chi connectivity index (χ4v) is 7.92. The Bertz CT molecular complexity index is 1960. The van der Waals surface area contributed by atoms with E-state index in [1.165, 1.54) is 15.9 Å². The Morgan fingerprint density at radius 1 is 1.19 bits per heavy atom. The van der Waals surface area contributed by atoms with Crippen LogP contribution >= 0.6 is 68.1 Å². The fraction of sp³-hybridized carbons (Fsp3) is 0.161. The van der Waals surface area contributed by atoms with Crippen molar-refractivity contribution in [3.63, 3.8) is 0 Å². The number of thiazole rings is 1. The van der Waals surface area contributed by atoms with Gasteiger partial charge in [-0.05, 0) is 107 Å². The average Bonchev–Trinajstić information content (AvgIpc) is 3.26. The Labute approximate surface area is 278 Å². The zero-order valence-electron chi connectivity index (χ0n) is 22.4. The number of rotatable bonds is 7. The first-order chi connectivity index (χ1) is 20.2. The summed E-state index contributed by atoms with van der Waals surface area (Å²) in [5, 5.41) is 9.51. The van der Waals surface area contributed by atoms with E-state index in [2.05, 4.69) is 56.2 Å². The topological polar surface area (TPSA) is 93.7 Å². The van der Waals surface area contributed by atoms with E-state index >= 15 is 0 Å². The Kier molecular flexibility index (Phi) is 9.51. The molecule has 7 nitrogen and oxygen atoms in total. The van der Waals surface area contributed by atoms with Gasteiger partial charge in [-0.1, -0.05) is 53.3 Å². The lowest BCUT2D eigenvalue weighted by Gasteiger charge is -2.25. The van der Waals surface area contributed by atoms with Crippen LogP contribution in [0, 0.1) is 18.5 Å². The molecular formula is C31H22ClI2N3O4S. The number of benzene rings is 3. The number of hydrogen-bond acceptors (Lipinski definition) is 7. The third kappa shape index (κ3) is 6.20. The normalized spacial score (nSPS) is 14.7. The molecule has 2 heterocycles. The number of carbonyl (C=O) groups is 1. The molecule has 3 aromatic carbocycles. The molecule has 0 spiro atoms. The van der Waals surface area contributed by atoms with Gasteiger partial charge in [0, 0.05) is 14.2 Å². The maximum Gasteiger partial charge on any atom is 0.338 e. The molecule has 4 aromatic rings. The van der Waals surface area contributed by atoms with E-state index in [0.717, 1.165) is 18.3 Å². The minimum atomic E-state index is -0.792. The number of nitrogens with zero attached hydrogens (tertiary/aromatic N) is 3. The molecule has 0 saturated carbocycles. The van der Waals surface area contributed by atoms with Crippen LogP contribution < -0.4 is 19.6 Å². The molecule has 0 fully saturated rings. The number of carbonyl (C=O) groups excluding carboxylic acids is 1. The molecule has 1 aliphatic heterocycles. The molecule has 42 heavy (non-hydrogen) atoms. The van der Waals surface area contributed by atoms with Crippen LogP contribution in [-0.2, 0) is 16.1 Å². The van der Waals surface area contributed by atoms with Crippen LogP contribution in [0.1, 0.15) is 42.1 Å². The van der Waals surface area contributed by atoms with E-state index < -0.39 is 12.0 Å². The van der Waals surface area contributed by atoms with E-state index in [9.17, 15) is 9.59 Å². The van der Waals surface area contributed by atoms with Gasteiger partial charge in [0.2, 0.25) is 0 Å². The SMILES string of the molecule is CCOC(=O)C1=C(C)N=c2s/c(=C\c3cc(I)cc(I)c3OCc3ccc(C#N)cc3)c(=O)n2[C@@H]1c1ccccc1Cl. The summed E-state index contributed by atoms with van der Waals surface area (Å²) >= 11 is 12.3. The highest BCUT2D eigenvalue weighted by molar-refractivity contribution is 14.1. The van der Waals surface area contributed by atoms with Crippen LogP contribution in [-0.4, -0.2) is 17.1 Å². The predicted octanol–water partition coefficient (Wildman–Crippen LogP) is 6.11. The number of aromatic nitrogens is 1. The van der Waals surface area contributed by atoms with Crippen LogP contribution in [0.15, 0.2) is 81.7 Å². The molecule has 0 bridgehead atoms. The lowest BCUT2D eigenvalue weighted by atomic mass is 9.96. The van der Waals surface area contributed by atoms with Gasteiger partial charge in [-0.25, -0.2) is 9.79 Å². The highest BCUT2D eigenvalue weighted by Crippen LogP contribution is 2.35. The minimum Gasteiger partial charge on any atom is -0.487 e. The molecule has 11 heteroatoms. The van der Waals surface area contributed by atoms with Crippen LogP contribution in [0.5, 0.6) is 5.75 Å². The van der Waals surface area contributed by atoms with E-state index in [1.54, 1.807) is 50.3 Å². The third-order valence-corrected chi connectivity index (χ3v) is 9.26. The Morgan fingerprint density at radius 3 is 2.62 bits per heavy atom. The highest BCUT2D eigenvalue weighted by Gasteiger charge is 2.34. The van der Waals surface area contributed by atoms with Crippen LogP contribution in [0.25, 0.3) is 6.08 Å². The summed E-state index contributed by atoms with van der Waals surface area (Å²) in [5.74, 6) is 0.0980. The Hall–Kier alpha value is -2.99. The zero-order valence-corrected chi connectivity index (χ0v) is 28.2. The van der Waals surface area contributed by atoms with Crippen LogP contribution in [0.2, 0.25) is 5.02 Å². The molecule has 0 aliphatic carbocycles. The number of esters is 1. The molecule has 1 atom stereocenters. The zero-order chi connectivity index (χ0) is 30.0. The molecule has 212 valence electrons. The summed E-state index contributed by atoms with van der Waals surface area (Å²) in [6.45, 7) is 3.95. The number of nitriles is 1. The molecule has 0 N–H and O–H groups in total. The molecule has 1 aliphatic rings. The van der Waals surface area contributed by atoms with E-state index in [-0.39, 0.29) is 17.7 Å². The van der Waals surface area contributed by atoms with Crippen molar-refractivity contribution in [1.29, 1.82) is 5.26 Å². The van der Waals surface area contributed by atoms with E-state index in [1.807, 2.05) is 30.3 Å². The second-order valence-corrected chi connectivity index (χ2v) is 13.1.